The van der Waals surface area contributed by atoms with Crippen molar-refractivity contribution in [3.05, 3.63) is 52.8 Å². The molecular formula is C13H14ClFN2. The van der Waals surface area contributed by atoms with Gasteiger partial charge in [-0.2, -0.15) is 0 Å². The monoisotopic (exact) mass is 252 g/mol. The first-order chi connectivity index (χ1) is 8.20. The molecule has 17 heavy (non-hydrogen) atoms. The van der Waals surface area contributed by atoms with Gasteiger partial charge < -0.3 is 4.57 Å². The Bertz CT molecular complexity index is 508. The molecule has 0 fully saturated rings. The van der Waals surface area contributed by atoms with Crippen molar-refractivity contribution < 1.29 is 4.39 Å². The van der Waals surface area contributed by atoms with Gasteiger partial charge in [-0.1, -0.05) is 18.5 Å². The molecule has 4 heteroatoms. The van der Waals surface area contributed by atoms with Crippen molar-refractivity contribution in [1.82, 2.24) is 9.55 Å². The zero-order valence-electron chi connectivity index (χ0n) is 9.66. The van der Waals surface area contributed by atoms with Crippen molar-refractivity contribution in [3.63, 3.8) is 0 Å². The number of aromatic nitrogens is 2. The van der Waals surface area contributed by atoms with Crippen LogP contribution in [-0.4, -0.2) is 9.55 Å². The number of halogens is 2. The second-order valence-corrected chi connectivity index (χ2v) is 4.36. The van der Waals surface area contributed by atoms with Gasteiger partial charge in [0.15, 0.2) is 0 Å². The second kappa shape index (κ2) is 5.32. The molecule has 1 aromatic heterocycles. The van der Waals surface area contributed by atoms with Crippen LogP contribution < -0.4 is 0 Å². The Hall–Kier alpha value is -1.35. The van der Waals surface area contributed by atoms with Crippen molar-refractivity contribution in [2.75, 3.05) is 0 Å². The van der Waals surface area contributed by atoms with Crippen LogP contribution in [-0.2, 0) is 13.0 Å². The van der Waals surface area contributed by atoms with E-state index in [4.69, 9.17) is 11.6 Å². The molecule has 0 aliphatic rings. The molecule has 0 unspecified atom stereocenters. The van der Waals surface area contributed by atoms with Crippen molar-refractivity contribution in [3.8, 4) is 0 Å². The maximum atomic E-state index is 13.1. The number of nitrogens with zero attached hydrogens (tertiary/aromatic N) is 2. The predicted octanol–water partition coefficient (Wildman–Crippen LogP) is 3.68. The predicted molar refractivity (Wildman–Crippen MR) is 66.7 cm³/mol. The molecule has 1 heterocycles. The summed E-state index contributed by atoms with van der Waals surface area (Å²) < 4.78 is 15.1. The maximum absolute atomic E-state index is 13.1. The largest absolute Gasteiger partial charge is 0.330 e. The summed E-state index contributed by atoms with van der Waals surface area (Å²) in [5.41, 5.74) is 0.780. The van der Waals surface area contributed by atoms with E-state index < -0.39 is 0 Å². The SMILES string of the molecule is CCCc1nccn1Cc1cc(F)ccc1Cl. The van der Waals surface area contributed by atoms with Gasteiger partial charge in [0.05, 0.1) is 6.54 Å². The van der Waals surface area contributed by atoms with Crippen LogP contribution in [0.25, 0.3) is 0 Å². The van der Waals surface area contributed by atoms with Gasteiger partial charge in [0.25, 0.3) is 0 Å². The average Bonchev–Trinajstić information content (AvgIpc) is 2.72. The van der Waals surface area contributed by atoms with Gasteiger partial charge >= 0.3 is 0 Å². The molecule has 0 saturated heterocycles. The molecule has 0 saturated carbocycles. The van der Waals surface area contributed by atoms with Crippen LogP contribution in [0.15, 0.2) is 30.6 Å². The molecule has 1 aromatic carbocycles. The van der Waals surface area contributed by atoms with Crippen molar-refractivity contribution in [2.24, 2.45) is 0 Å². The van der Waals surface area contributed by atoms with Gasteiger partial charge in [-0.25, -0.2) is 9.37 Å². The van der Waals surface area contributed by atoms with Crippen LogP contribution in [0.2, 0.25) is 5.02 Å². The first kappa shape index (κ1) is 12.1. The number of hydrogen-bond acceptors (Lipinski definition) is 1. The third-order valence-corrected chi connectivity index (χ3v) is 2.99. The van der Waals surface area contributed by atoms with E-state index in [2.05, 4.69) is 11.9 Å². The van der Waals surface area contributed by atoms with Crippen LogP contribution >= 0.6 is 11.6 Å². The smallest absolute Gasteiger partial charge is 0.123 e. The highest BCUT2D eigenvalue weighted by Crippen LogP contribution is 2.19. The summed E-state index contributed by atoms with van der Waals surface area (Å²) in [7, 11) is 0. The molecule has 2 aromatic rings. The lowest BCUT2D eigenvalue weighted by atomic mass is 10.2. The van der Waals surface area contributed by atoms with Gasteiger partial charge in [-0.05, 0) is 30.2 Å². The zero-order valence-corrected chi connectivity index (χ0v) is 10.4. The molecule has 0 N–H and O–H groups in total. The van der Waals surface area contributed by atoms with Crippen molar-refractivity contribution >= 4 is 11.6 Å². The number of rotatable bonds is 4. The Morgan fingerprint density at radius 1 is 1.41 bits per heavy atom. The molecule has 2 rings (SSSR count). The van der Waals surface area contributed by atoms with E-state index in [1.54, 1.807) is 12.3 Å². The van der Waals surface area contributed by atoms with Crippen molar-refractivity contribution in [2.45, 2.75) is 26.3 Å². The van der Waals surface area contributed by atoms with Gasteiger partial charge in [0.1, 0.15) is 11.6 Å². The van der Waals surface area contributed by atoms with Crippen molar-refractivity contribution in [1.29, 1.82) is 0 Å². The quantitative estimate of drug-likeness (QED) is 0.812. The molecule has 0 bridgehead atoms. The lowest BCUT2D eigenvalue weighted by Crippen LogP contribution is -2.05. The first-order valence-electron chi connectivity index (χ1n) is 5.64. The summed E-state index contributed by atoms with van der Waals surface area (Å²) in [5, 5.41) is 0.586. The molecule has 90 valence electrons. The summed E-state index contributed by atoms with van der Waals surface area (Å²) in [4.78, 5) is 4.28. The fourth-order valence-corrected chi connectivity index (χ4v) is 1.96. The summed E-state index contributed by atoms with van der Waals surface area (Å²) >= 11 is 6.04. The highest BCUT2D eigenvalue weighted by Gasteiger charge is 2.06. The number of hydrogen-bond donors (Lipinski definition) is 0. The van der Waals surface area contributed by atoms with Crippen LogP contribution in [0.1, 0.15) is 24.7 Å². The standard InChI is InChI=1S/C13H14ClFN2/c1-2-3-13-16-6-7-17(13)9-10-8-11(15)4-5-12(10)14/h4-8H,2-3,9H2,1H3. The maximum Gasteiger partial charge on any atom is 0.123 e. The summed E-state index contributed by atoms with van der Waals surface area (Å²) in [6, 6.07) is 4.42. The molecule has 2 nitrogen and oxygen atoms in total. The fraction of sp³-hybridized carbons (Fsp3) is 0.308. The fourth-order valence-electron chi connectivity index (χ4n) is 1.78. The average molecular weight is 253 g/mol. The van der Waals surface area contributed by atoms with Crippen LogP contribution in [0.4, 0.5) is 4.39 Å². The molecule has 0 spiro atoms. The molecule has 0 amide bonds. The topological polar surface area (TPSA) is 17.8 Å². The molecule has 0 atom stereocenters. The zero-order chi connectivity index (χ0) is 12.3. The van der Waals surface area contributed by atoms with Crippen LogP contribution in [0, 0.1) is 5.82 Å². The second-order valence-electron chi connectivity index (χ2n) is 3.96. The van der Waals surface area contributed by atoms with E-state index in [0.29, 0.717) is 11.6 Å². The van der Waals surface area contributed by atoms with Crippen LogP contribution in [0.3, 0.4) is 0 Å². The number of imidazole rings is 1. The van der Waals surface area contributed by atoms with Gasteiger partial charge in [-0.15, -0.1) is 0 Å². The highest BCUT2D eigenvalue weighted by atomic mass is 35.5. The Labute approximate surface area is 105 Å². The minimum absolute atomic E-state index is 0.262. The third kappa shape index (κ3) is 2.86. The Balaban J connectivity index is 2.25. The Morgan fingerprint density at radius 3 is 3.00 bits per heavy atom. The summed E-state index contributed by atoms with van der Waals surface area (Å²) in [6.45, 7) is 2.67. The number of aryl methyl sites for hydroxylation is 1. The third-order valence-electron chi connectivity index (χ3n) is 2.62. The van der Waals surface area contributed by atoms with E-state index >= 15 is 0 Å². The van der Waals surface area contributed by atoms with E-state index in [9.17, 15) is 4.39 Å². The van der Waals surface area contributed by atoms with E-state index in [1.165, 1.54) is 12.1 Å². The summed E-state index contributed by atoms with van der Waals surface area (Å²) in [6.07, 6.45) is 5.61. The van der Waals surface area contributed by atoms with Crippen LogP contribution in [0.5, 0.6) is 0 Å². The van der Waals surface area contributed by atoms with E-state index in [0.717, 1.165) is 24.2 Å². The van der Waals surface area contributed by atoms with Gasteiger partial charge in [-0.3, -0.25) is 0 Å². The van der Waals surface area contributed by atoms with Gasteiger partial charge in [0.2, 0.25) is 0 Å². The highest BCUT2D eigenvalue weighted by molar-refractivity contribution is 6.31. The summed E-state index contributed by atoms with van der Waals surface area (Å²) in [5.74, 6) is 0.745. The Morgan fingerprint density at radius 2 is 2.24 bits per heavy atom. The molecular weight excluding hydrogens is 239 g/mol. The first-order valence-corrected chi connectivity index (χ1v) is 6.02. The van der Waals surface area contributed by atoms with E-state index in [-0.39, 0.29) is 5.82 Å². The molecule has 0 aliphatic heterocycles. The molecule has 0 aliphatic carbocycles. The minimum atomic E-state index is -0.262. The minimum Gasteiger partial charge on any atom is -0.330 e. The lowest BCUT2D eigenvalue weighted by molar-refractivity contribution is 0.621. The number of benzene rings is 1. The van der Waals surface area contributed by atoms with Gasteiger partial charge in [0, 0.05) is 23.8 Å². The Kier molecular flexibility index (Phi) is 3.79. The normalized spacial score (nSPS) is 10.8. The molecule has 0 radical (unpaired) electrons. The van der Waals surface area contributed by atoms with E-state index in [1.807, 2.05) is 10.8 Å². The lowest BCUT2D eigenvalue weighted by Gasteiger charge is -2.09.